The minimum absolute atomic E-state index is 0. The van der Waals surface area contributed by atoms with E-state index in [1.54, 1.807) is 0 Å². The summed E-state index contributed by atoms with van der Waals surface area (Å²) in [5.74, 6) is 0.824. The summed E-state index contributed by atoms with van der Waals surface area (Å²) in [5.41, 5.74) is 0. The summed E-state index contributed by atoms with van der Waals surface area (Å²) in [6.45, 7) is 0. The van der Waals surface area contributed by atoms with Crippen molar-refractivity contribution in [2.75, 3.05) is 11.5 Å². The van der Waals surface area contributed by atoms with Gasteiger partial charge in [0.1, 0.15) is 0 Å². The molecule has 0 spiro atoms. The molecule has 0 unspecified atom stereocenters. The van der Waals surface area contributed by atoms with Gasteiger partial charge in [0, 0.05) is 0 Å². The van der Waals surface area contributed by atoms with E-state index in [2.05, 4.69) is 12.6 Å². The van der Waals surface area contributed by atoms with Crippen LogP contribution in [0.5, 0.6) is 0 Å². The molecule has 3 nitrogen and oxygen atoms in total. The maximum absolute atomic E-state index is 10.3. The van der Waals surface area contributed by atoms with Crippen LogP contribution >= 0.6 is 12.6 Å². The third-order valence-corrected chi connectivity index (χ3v) is 2.93. The molecule has 0 radical (unpaired) electrons. The van der Waals surface area contributed by atoms with Crippen molar-refractivity contribution in [2.24, 2.45) is 0 Å². The number of unbranched alkanes of at least 4 members (excludes halogenated alkanes) is 5. The Bertz CT molecular complexity index is 210. The molecular formula is C8H19NaO3S2. The molecule has 0 aromatic rings. The Kier molecular flexibility index (Phi) is 13.6. The van der Waals surface area contributed by atoms with E-state index in [0.717, 1.165) is 37.9 Å². The van der Waals surface area contributed by atoms with E-state index < -0.39 is 10.1 Å². The van der Waals surface area contributed by atoms with Gasteiger partial charge in [-0.3, -0.25) is 4.55 Å². The van der Waals surface area contributed by atoms with Gasteiger partial charge in [0.15, 0.2) is 0 Å². The summed E-state index contributed by atoms with van der Waals surface area (Å²) in [5, 5.41) is 0. The van der Waals surface area contributed by atoms with Crippen molar-refractivity contribution in [3.05, 3.63) is 0 Å². The summed E-state index contributed by atoms with van der Waals surface area (Å²) >= 11 is 4.09. The van der Waals surface area contributed by atoms with Gasteiger partial charge in [-0.05, 0) is 18.6 Å². The first-order valence-electron chi connectivity index (χ1n) is 4.62. The molecular weight excluding hydrogens is 231 g/mol. The van der Waals surface area contributed by atoms with Crippen molar-refractivity contribution in [3.63, 3.8) is 0 Å². The smallest absolute Gasteiger partial charge is 1.00 e. The summed E-state index contributed by atoms with van der Waals surface area (Å²) < 4.78 is 29.0. The Morgan fingerprint density at radius 1 is 1.00 bits per heavy atom. The van der Waals surface area contributed by atoms with Gasteiger partial charge in [0.25, 0.3) is 10.1 Å². The fourth-order valence-corrected chi connectivity index (χ4v) is 1.90. The van der Waals surface area contributed by atoms with Gasteiger partial charge < -0.3 is 1.43 Å². The monoisotopic (exact) mass is 250 g/mol. The van der Waals surface area contributed by atoms with Crippen LogP contribution in [-0.4, -0.2) is 24.5 Å². The molecule has 0 aliphatic carbocycles. The van der Waals surface area contributed by atoms with Crippen molar-refractivity contribution in [1.29, 1.82) is 0 Å². The van der Waals surface area contributed by atoms with Crippen LogP contribution in [0, 0.1) is 0 Å². The van der Waals surface area contributed by atoms with Crippen LogP contribution in [0.25, 0.3) is 0 Å². The molecule has 0 rings (SSSR count). The van der Waals surface area contributed by atoms with E-state index in [9.17, 15) is 8.42 Å². The Morgan fingerprint density at radius 3 is 1.86 bits per heavy atom. The van der Waals surface area contributed by atoms with Gasteiger partial charge in [0.05, 0.1) is 5.75 Å². The van der Waals surface area contributed by atoms with Crippen molar-refractivity contribution < 1.29 is 44.0 Å². The standard InChI is InChI=1S/C8H18O3S2.Na.H/c9-13(10,11)8-6-4-2-1-3-5-7-12;;/h12H,1-8H2,(H,9,10,11);;/q;+1;-1. The number of hydrogen-bond acceptors (Lipinski definition) is 3. The second-order valence-electron chi connectivity index (χ2n) is 3.13. The SMILES string of the molecule is O=S(=O)(O)CCCCCCCCS.[H-].[Na+]. The molecule has 0 saturated carbocycles. The van der Waals surface area contributed by atoms with Crippen LogP contribution in [0.4, 0.5) is 0 Å². The van der Waals surface area contributed by atoms with E-state index in [1.165, 1.54) is 0 Å². The minimum atomic E-state index is -3.73. The average Bonchev–Trinajstić information content (AvgIpc) is 2.01. The zero-order chi connectivity index (χ0) is 10.2. The van der Waals surface area contributed by atoms with Gasteiger partial charge in [0.2, 0.25) is 0 Å². The normalized spacial score (nSPS) is 11.0. The van der Waals surface area contributed by atoms with Gasteiger partial charge >= 0.3 is 29.6 Å². The van der Waals surface area contributed by atoms with E-state index >= 15 is 0 Å². The van der Waals surface area contributed by atoms with Crippen molar-refractivity contribution in [3.8, 4) is 0 Å². The molecule has 0 atom stereocenters. The zero-order valence-electron chi connectivity index (χ0n) is 9.78. The van der Waals surface area contributed by atoms with E-state index in [-0.39, 0.29) is 36.7 Å². The van der Waals surface area contributed by atoms with Crippen LogP contribution in [0.2, 0.25) is 0 Å². The fraction of sp³-hybridized carbons (Fsp3) is 1.00. The molecule has 82 valence electrons. The maximum atomic E-state index is 10.3. The summed E-state index contributed by atoms with van der Waals surface area (Å²) in [7, 11) is -3.73. The maximum Gasteiger partial charge on any atom is 1.00 e. The van der Waals surface area contributed by atoms with E-state index in [1.807, 2.05) is 0 Å². The molecule has 14 heavy (non-hydrogen) atoms. The zero-order valence-corrected chi connectivity index (χ0v) is 12.5. The topological polar surface area (TPSA) is 54.4 Å². The molecule has 0 amide bonds. The predicted octanol–water partition coefficient (Wildman–Crippen LogP) is -0.739. The largest absolute Gasteiger partial charge is 1.00 e. The molecule has 0 aliphatic heterocycles. The second-order valence-corrected chi connectivity index (χ2v) is 5.15. The van der Waals surface area contributed by atoms with Crippen LogP contribution in [0.15, 0.2) is 0 Å². The van der Waals surface area contributed by atoms with Crippen LogP contribution in [0.1, 0.15) is 40.0 Å². The third-order valence-electron chi connectivity index (χ3n) is 1.81. The molecule has 0 aliphatic rings. The average molecular weight is 250 g/mol. The molecule has 0 heterocycles. The summed E-state index contributed by atoms with van der Waals surface area (Å²) in [6, 6.07) is 0. The predicted molar refractivity (Wildman–Crippen MR) is 59.1 cm³/mol. The molecule has 0 aromatic carbocycles. The van der Waals surface area contributed by atoms with Crippen LogP contribution in [-0.2, 0) is 10.1 Å². The molecule has 0 aromatic heterocycles. The first-order chi connectivity index (χ1) is 6.06. The number of hydrogen-bond donors (Lipinski definition) is 2. The molecule has 0 saturated heterocycles. The third kappa shape index (κ3) is 15.7. The number of thiol groups is 1. The van der Waals surface area contributed by atoms with Gasteiger partial charge in [-0.25, -0.2) is 0 Å². The Labute approximate surface area is 116 Å². The first kappa shape index (κ1) is 17.6. The molecule has 0 bridgehead atoms. The summed E-state index contributed by atoms with van der Waals surface area (Å²) in [6.07, 6.45) is 5.91. The Hall–Kier alpha value is 1.26. The van der Waals surface area contributed by atoms with Gasteiger partial charge in [-0.15, -0.1) is 0 Å². The van der Waals surface area contributed by atoms with Crippen molar-refractivity contribution >= 4 is 22.7 Å². The van der Waals surface area contributed by atoms with E-state index in [4.69, 9.17) is 4.55 Å². The van der Waals surface area contributed by atoms with Crippen molar-refractivity contribution in [1.82, 2.24) is 0 Å². The Balaban J connectivity index is -0.000000720. The quantitative estimate of drug-likeness (QED) is 0.258. The van der Waals surface area contributed by atoms with E-state index in [0.29, 0.717) is 6.42 Å². The molecule has 1 N–H and O–H groups in total. The Morgan fingerprint density at radius 2 is 1.43 bits per heavy atom. The first-order valence-corrected chi connectivity index (χ1v) is 6.86. The molecule has 0 fully saturated rings. The number of rotatable bonds is 8. The van der Waals surface area contributed by atoms with Crippen LogP contribution in [0.3, 0.4) is 0 Å². The van der Waals surface area contributed by atoms with Crippen LogP contribution < -0.4 is 29.6 Å². The van der Waals surface area contributed by atoms with Gasteiger partial charge in [-0.1, -0.05) is 25.7 Å². The summed E-state index contributed by atoms with van der Waals surface area (Å²) in [4.78, 5) is 0. The molecule has 6 heteroatoms. The minimum Gasteiger partial charge on any atom is -1.00 e. The second kappa shape index (κ2) is 10.8. The fourth-order valence-electron chi connectivity index (χ4n) is 1.10. The van der Waals surface area contributed by atoms with Crippen molar-refractivity contribution in [2.45, 2.75) is 38.5 Å². The van der Waals surface area contributed by atoms with Gasteiger partial charge in [-0.2, -0.15) is 21.0 Å².